The molecule has 1 amide bonds. The lowest BCUT2D eigenvalue weighted by Crippen LogP contribution is -2.39. The van der Waals surface area contributed by atoms with Gasteiger partial charge in [0.25, 0.3) is 11.8 Å². The Hall–Kier alpha value is -1.69. The lowest BCUT2D eigenvalue weighted by Gasteiger charge is -2.14. The van der Waals surface area contributed by atoms with Gasteiger partial charge in [0.1, 0.15) is 12.4 Å². The number of halogens is 2. The molecule has 17 heavy (non-hydrogen) atoms. The fourth-order valence-electron chi connectivity index (χ4n) is 1.26. The SMILES string of the molecule is Cc1cc(O)ccc1C(=O)NCC(F)(F)CO. The van der Waals surface area contributed by atoms with Gasteiger partial charge in [-0.2, -0.15) is 0 Å². The first-order valence-corrected chi connectivity index (χ1v) is 4.92. The van der Waals surface area contributed by atoms with Gasteiger partial charge in [-0.3, -0.25) is 4.79 Å². The largest absolute Gasteiger partial charge is 0.508 e. The first-order chi connectivity index (χ1) is 7.85. The number of hydrogen-bond donors (Lipinski definition) is 3. The van der Waals surface area contributed by atoms with E-state index in [-0.39, 0.29) is 11.3 Å². The number of aromatic hydroxyl groups is 1. The molecule has 0 unspecified atom stereocenters. The van der Waals surface area contributed by atoms with Gasteiger partial charge in [0, 0.05) is 5.56 Å². The van der Waals surface area contributed by atoms with Crippen molar-refractivity contribution in [3.63, 3.8) is 0 Å². The normalized spacial score (nSPS) is 11.3. The predicted molar refractivity (Wildman–Crippen MR) is 57.2 cm³/mol. The molecule has 6 heteroatoms. The fraction of sp³-hybridized carbons (Fsp3) is 0.364. The molecule has 0 aliphatic heterocycles. The summed E-state index contributed by atoms with van der Waals surface area (Å²) in [6.07, 6.45) is 0. The Labute approximate surface area is 96.9 Å². The summed E-state index contributed by atoms with van der Waals surface area (Å²) in [6.45, 7) is -0.663. The smallest absolute Gasteiger partial charge is 0.287 e. The van der Waals surface area contributed by atoms with Crippen LogP contribution in [0.4, 0.5) is 8.78 Å². The van der Waals surface area contributed by atoms with Crippen LogP contribution in [-0.4, -0.2) is 35.2 Å². The monoisotopic (exact) mass is 245 g/mol. The van der Waals surface area contributed by atoms with E-state index in [9.17, 15) is 13.6 Å². The summed E-state index contributed by atoms with van der Waals surface area (Å²) in [4.78, 5) is 11.5. The Bertz CT molecular complexity index is 421. The maximum absolute atomic E-state index is 12.7. The van der Waals surface area contributed by atoms with Crippen molar-refractivity contribution < 1.29 is 23.8 Å². The molecular formula is C11H13F2NO3. The van der Waals surface area contributed by atoms with Crippen LogP contribution in [0.25, 0.3) is 0 Å². The first kappa shape index (κ1) is 13.4. The van der Waals surface area contributed by atoms with E-state index in [4.69, 9.17) is 10.2 Å². The minimum Gasteiger partial charge on any atom is -0.508 e. The molecule has 0 heterocycles. The van der Waals surface area contributed by atoms with Crippen molar-refractivity contribution in [2.45, 2.75) is 12.8 Å². The topological polar surface area (TPSA) is 69.6 Å². The van der Waals surface area contributed by atoms with Crippen LogP contribution in [0.2, 0.25) is 0 Å². The van der Waals surface area contributed by atoms with Crippen molar-refractivity contribution in [3.05, 3.63) is 29.3 Å². The van der Waals surface area contributed by atoms with Crippen LogP contribution in [0.5, 0.6) is 5.75 Å². The molecule has 1 aromatic carbocycles. The van der Waals surface area contributed by atoms with Crippen LogP contribution in [-0.2, 0) is 0 Å². The predicted octanol–water partition coefficient (Wildman–Crippen LogP) is 1.06. The molecule has 0 aliphatic rings. The lowest BCUT2D eigenvalue weighted by molar-refractivity contribution is -0.0462. The Morgan fingerprint density at radius 2 is 2.12 bits per heavy atom. The summed E-state index contributed by atoms with van der Waals surface area (Å²) in [5.74, 6) is -4.00. The molecule has 1 aromatic rings. The van der Waals surface area contributed by atoms with Gasteiger partial charge < -0.3 is 15.5 Å². The highest BCUT2D eigenvalue weighted by Crippen LogP contribution is 2.16. The molecule has 0 fully saturated rings. The third kappa shape index (κ3) is 3.67. The standard InChI is InChI=1S/C11H13F2NO3/c1-7-4-8(16)2-3-9(7)10(17)14-5-11(12,13)6-15/h2-4,15-16H,5-6H2,1H3,(H,14,17). The van der Waals surface area contributed by atoms with Gasteiger partial charge in [0.05, 0.1) is 6.54 Å². The Morgan fingerprint density at radius 3 is 2.65 bits per heavy atom. The quantitative estimate of drug-likeness (QED) is 0.742. The van der Waals surface area contributed by atoms with Crippen molar-refractivity contribution in [2.75, 3.05) is 13.2 Å². The first-order valence-electron chi connectivity index (χ1n) is 4.92. The number of phenolic OH excluding ortho intramolecular Hbond substituents is 1. The number of aliphatic hydroxyl groups excluding tert-OH is 1. The van der Waals surface area contributed by atoms with E-state index in [1.54, 1.807) is 6.92 Å². The van der Waals surface area contributed by atoms with E-state index in [2.05, 4.69) is 0 Å². The number of hydrogen-bond acceptors (Lipinski definition) is 3. The van der Waals surface area contributed by atoms with Crippen LogP contribution in [0.15, 0.2) is 18.2 Å². The number of aliphatic hydroxyl groups is 1. The summed E-state index contributed by atoms with van der Waals surface area (Å²) >= 11 is 0. The van der Waals surface area contributed by atoms with Crippen molar-refractivity contribution >= 4 is 5.91 Å². The zero-order valence-electron chi connectivity index (χ0n) is 9.20. The van der Waals surface area contributed by atoms with Crippen molar-refractivity contribution in [2.24, 2.45) is 0 Å². The number of nitrogens with one attached hydrogen (secondary N) is 1. The molecular weight excluding hydrogens is 232 g/mol. The lowest BCUT2D eigenvalue weighted by atomic mass is 10.1. The van der Waals surface area contributed by atoms with Crippen LogP contribution in [0, 0.1) is 6.92 Å². The second-order valence-electron chi connectivity index (χ2n) is 3.70. The van der Waals surface area contributed by atoms with E-state index in [1.807, 2.05) is 5.32 Å². The third-order valence-electron chi connectivity index (χ3n) is 2.19. The van der Waals surface area contributed by atoms with Crippen LogP contribution < -0.4 is 5.32 Å². The van der Waals surface area contributed by atoms with E-state index in [0.29, 0.717) is 5.56 Å². The summed E-state index contributed by atoms with van der Waals surface area (Å²) in [6, 6.07) is 4.00. The molecule has 94 valence electrons. The molecule has 0 aliphatic carbocycles. The van der Waals surface area contributed by atoms with Crippen LogP contribution in [0.1, 0.15) is 15.9 Å². The van der Waals surface area contributed by atoms with Gasteiger partial charge in [-0.1, -0.05) is 0 Å². The molecule has 4 nitrogen and oxygen atoms in total. The average Bonchev–Trinajstić information content (AvgIpc) is 2.26. The second-order valence-corrected chi connectivity index (χ2v) is 3.70. The molecule has 0 saturated heterocycles. The summed E-state index contributed by atoms with van der Waals surface area (Å²) in [7, 11) is 0. The summed E-state index contributed by atoms with van der Waals surface area (Å²) < 4.78 is 25.4. The van der Waals surface area contributed by atoms with Gasteiger partial charge in [0.2, 0.25) is 0 Å². The molecule has 3 N–H and O–H groups in total. The highest BCUT2D eigenvalue weighted by Gasteiger charge is 2.28. The maximum atomic E-state index is 12.7. The highest BCUT2D eigenvalue weighted by molar-refractivity contribution is 5.95. The second kappa shape index (κ2) is 5.09. The van der Waals surface area contributed by atoms with Gasteiger partial charge in [-0.15, -0.1) is 0 Å². The average molecular weight is 245 g/mol. The molecule has 0 atom stereocenters. The van der Waals surface area contributed by atoms with Crippen molar-refractivity contribution in [3.8, 4) is 5.75 Å². The van der Waals surface area contributed by atoms with E-state index < -0.39 is 25.0 Å². The van der Waals surface area contributed by atoms with Gasteiger partial charge in [0.15, 0.2) is 0 Å². The fourth-order valence-corrected chi connectivity index (χ4v) is 1.26. The Balaban J connectivity index is 2.71. The number of phenols is 1. The van der Waals surface area contributed by atoms with E-state index >= 15 is 0 Å². The van der Waals surface area contributed by atoms with E-state index in [0.717, 1.165) is 0 Å². The number of carbonyl (C=O) groups excluding carboxylic acids is 1. The van der Waals surface area contributed by atoms with Crippen molar-refractivity contribution in [1.82, 2.24) is 5.32 Å². The van der Waals surface area contributed by atoms with Gasteiger partial charge in [-0.05, 0) is 30.7 Å². The zero-order valence-corrected chi connectivity index (χ0v) is 9.20. The zero-order chi connectivity index (χ0) is 13.1. The minimum atomic E-state index is -3.33. The van der Waals surface area contributed by atoms with E-state index in [1.165, 1.54) is 18.2 Å². The number of carbonyl (C=O) groups is 1. The number of alkyl halides is 2. The molecule has 0 radical (unpaired) electrons. The van der Waals surface area contributed by atoms with Gasteiger partial charge in [-0.25, -0.2) is 8.78 Å². The van der Waals surface area contributed by atoms with Crippen molar-refractivity contribution in [1.29, 1.82) is 0 Å². The van der Waals surface area contributed by atoms with Crippen LogP contribution >= 0.6 is 0 Å². The van der Waals surface area contributed by atoms with Crippen LogP contribution in [0.3, 0.4) is 0 Å². The summed E-state index contributed by atoms with van der Waals surface area (Å²) in [5.41, 5.74) is 0.686. The highest BCUT2D eigenvalue weighted by atomic mass is 19.3. The number of benzene rings is 1. The molecule has 1 rings (SSSR count). The third-order valence-corrected chi connectivity index (χ3v) is 2.19. The number of aryl methyl sites for hydroxylation is 1. The molecule has 0 aromatic heterocycles. The summed E-state index contributed by atoms with van der Waals surface area (Å²) in [5, 5.41) is 19.5. The molecule has 0 spiro atoms. The Kier molecular flexibility index (Phi) is 4.01. The minimum absolute atomic E-state index is 0.000243. The maximum Gasteiger partial charge on any atom is 0.287 e. The number of rotatable bonds is 4. The van der Waals surface area contributed by atoms with Gasteiger partial charge >= 0.3 is 0 Å². The Morgan fingerprint density at radius 1 is 1.47 bits per heavy atom. The molecule has 0 bridgehead atoms. The molecule has 0 saturated carbocycles. The number of amides is 1.